The lowest BCUT2D eigenvalue weighted by Crippen LogP contribution is -2.27. The SMILES string of the molecule is Cc1ccc(Cc2nnc3n2CC(CN)CC3)cc1. The van der Waals surface area contributed by atoms with Crippen molar-refractivity contribution in [1.82, 2.24) is 14.8 Å². The first-order valence-electron chi connectivity index (χ1n) is 6.93. The highest BCUT2D eigenvalue weighted by Crippen LogP contribution is 2.20. The van der Waals surface area contributed by atoms with E-state index in [-0.39, 0.29) is 0 Å². The first kappa shape index (κ1) is 12.4. The molecule has 0 radical (unpaired) electrons. The highest BCUT2D eigenvalue weighted by molar-refractivity contribution is 5.24. The summed E-state index contributed by atoms with van der Waals surface area (Å²) in [7, 11) is 0. The van der Waals surface area contributed by atoms with E-state index in [1.54, 1.807) is 0 Å². The van der Waals surface area contributed by atoms with Crippen molar-refractivity contribution in [2.24, 2.45) is 11.7 Å². The highest BCUT2D eigenvalue weighted by Gasteiger charge is 2.21. The number of rotatable bonds is 3. The lowest BCUT2D eigenvalue weighted by Gasteiger charge is -2.22. The van der Waals surface area contributed by atoms with Crippen molar-refractivity contribution in [3.05, 3.63) is 47.0 Å². The first-order chi connectivity index (χ1) is 9.26. The minimum atomic E-state index is 0.570. The molecule has 19 heavy (non-hydrogen) atoms. The van der Waals surface area contributed by atoms with E-state index in [2.05, 4.69) is 46.0 Å². The number of nitrogens with zero attached hydrogens (tertiary/aromatic N) is 3. The Labute approximate surface area is 113 Å². The molecular formula is C15H20N4. The predicted molar refractivity (Wildman–Crippen MR) is 74.9 cm³/mol. The molecule has 1 atom stereocenters. The maximum Gasteiger partial charge on any atom is 0.137 e. The molecule has 0 spiro atoms. The fourth-order valence-electron chi connectivity index (χ4n) is 2.66. The van der Waals surface area contributed by atoms with Crippen LogP contribution in [0.3, 0.4) is 0 Å². The maximum atomic E-state index is 5.79. The number of hydrogen-bond donors (Lipinski definition) is 1. The Kier molecular flexibility index (Phi) is 3.34. The minimum Gasteiger partial charge on any atom is -0.330 e. The van der Waals surface area contributed by atoms with Gasteiger partial charge in [0.25, 0.3) is 0 Å². The van der Waals surface area contributed by atoms with E-state index in [4.69, 9.17) is 5.73 Å². The molecule has 3 rings (SSSR count). The Morgan fingerprint density at radius 2 is 2.05 bits per heavy atom. The van der Waals surface area contributed by atoms with Crippen LogP contribution in [0.4, 0.5) is 0 Å². The monoisotopic (exact) mass is 256 g/mol. The second-order valence-electron chi connectivity index (χ2n) is 5.45. The predicted octanol–water partition coefficient (Wildman–Crippen LogP) is 1.70. The number of nitrogens with two attached hydrogens (primary N) is 1. The lowest BCUT2D eigenvalue weighted by atomic mass is 9.99. The molecule has 100 valence electrons. The summed E-state index contributed by atoms with van der Waals surface area (Å²) in [5, 5.41) is 8.67. The Morgan fingerprint density at radius 3 is 2.79 bits per heavy atom. The normalized spacial score (nSPS) is 18.3. The van der Waals surface area contributed by atoms with Crippen molar-refractivity contribution >= 4 is 0 Å². The smallest absolute Gasteiger partial charge is 0.137 e. The summed E-state index contributed by atoms with van der Waals surface area (Å²) in [6.45, 7) is 3.83. The summed E-state index contributed by atoms with van der Waals surface area (Å²) in [5.41, 5.74) is 8.37. The zero-order valence-corrected chi connectivity index (χ0v) is 11.3. The van der Waals surface area contributed by atoms with Crippen LogP contribution in [0, 0.1) is 12.8 Å². The minimum absolute atomic E-state index is 0.570. The van der Waals surface area contributed by atoms with Crippen LogP contribution in [0.15, 0.2) is 24.3 Å². The van der Waals surface area contributed by atoms with Crippen LogP contribution in [0.2, 0.25) is 0 Å². The first-order valence-corrected chi connectivity index (χ1v) is 6.93. The molecule has 0 saturated heterocycles. The van der Waals surface area contributed by atoms with Crippen LogP contribution in [0.5, 0.6) is 0 Å². The molecule has 1 unspecified atom stereocenters. The Bertz CT molecular complexity index is 556. The van der Waals surface area contributed by atoms with Gasteiger partial charge in [0.2, 0.25) is 0 Å². The van der Waals surface area contributed by atoms with Gasteiger partial charge in [0.1, 0.15) is 11.6 Å². The van der Waals surface area contributed by atoms with Crippen LogP contribution < -0.4 is 5.73 Å². The summed E-state index contributed by atoms with van der Waals surface area (Å²) < 4.78 is 2.26. The third-order valence-electron chi connectivity index (χ3n) is 3.94. The van der Waals surface area contributed by atoms with Crippen LogP contribution in [-0.2, 0) is 19.4 Å². The van der Waals surface area contributed by atoms with Gasteiger partial charge in [0.05, 0.1) is 0 Å². The van der Waals surface area contributed by atoms with Crippen LogP contribution in [0.1, 0.15) is 29.2 Å². The highest BCUT2D eigenvalue weighted by atomic mass is 15.3. The van der Waals surface area contributed by atoms with Gasteiger partial charge in [-0.2, -0.15) is 0 Å². The molecule has 0 saturated carbocycles. The second-order valence-corrected chi connectivity index (χ2v) is 5.45. The molecule has 1 aromatic heterocycles. The van der Waals surface area contributed by atoms with Gasteiger partial charge in [-0.05, 0) is 31.4 Å². The fourth-order valence-corrected chi connectivity index (χ4v) is 2.66. The second kappa shape index (κ2) is 5.13. The molecule has 0 amide bonds. The topological polar surface area (TPSA) is 56.7 Å². The molecule has 4 nitrogen and oxygen atoms in total. The van der Waals surface area contributed by atoms with Gasteiger partial charge < -0.3 is 10.3 Å². The summed E-state index contributed by atoms with van der Waals surface area (Å²) in [4.78, 5) is 0. The Hall–Kier alpha value is -1.68. The summed E-state index contributed by atoms with van der Waals surface area (Å²) in [5.74, 6) is 2.75. The molecule has 1 aliphatic rings. The third-order valence-corrected chi connectivity index (χ3v) is 3.94. The number of hydrogen-bond acceptors (Lipinski definition) is 3. The Morgan fingerprint density at radius 1 is 1.26 bits per heavy atom. The number of aromatic nitrogens is 3. The van der Waals surface area contributed by atoms with Gasteiger partial charge in [0.15, 0.2) is 0 Å². The van der Waals surface area contributed by atoms with Gasteiger partial charge in [-0.15, -0.1) is 10.2 Å². The van der Waals surface area contributed by atoms with Gasteiger partial charge in [0, 0.05) is 19.4 Å². The Balaban J connectivity index is 1.82. The van der Waals surface area contributed by atoms with Crippen molar-refractivity contribution in [2.45, 2.75) is 32.7 Å². The number of fused-ring (bicyclic) bond motifs is 1. The summed E-state index contributed by atoms with van der Waals surface area (Å²) in [6.07, 6.45) is 2.99. The average Bonchev–Trinajstić information content (AvgIpc) is 2.84. The van der Waals surface area contributed by atoms with Crippen molar-refractivity contribution < 1.29 is 0 Å². The van der Waals surface area contributed by atoms with Gasteiger partial charge in [-0.1, -0.05) is 29.8 Å². The molecule has 2 aromatic rings. The third kappa shape index (κ3) is 2.54. The van der Waals surface area contributed by atoms with E-state index in [1.165, 1.54) is 11.1 Å². The largest absolute Gasteiger partial charge is 0.330 e. The van der Waals surface area contributed by atoms with E-state index in [9.17, 15) is 0 Å². The van der Waals surface area contributed by atoms with Crippen molar-refractivity contribution in [3.8, 4) is 0 Å². The quantitative estimate of drug-likeness (QED) is 0.909. The maximum absolute atomic E-state index is 5.79. The van der Waals surface area contributed by atoms with E-state index in [0.717, 1.165) is 44.0 Å². The molecular weight excluding hydrogens is 236 g/mol. The molecule has 2 heterocycles. The van der Waals surface area contributed by atoms with Gasteiger partial charge >= 0.3 is 0 Å². The van der Waals surface area contributed by atoms with Crippen molar-refractivity contribution in [1.29, 1.82) is 0 Å². The molecule has 0 aliphatic carbocycles. The van der Waals surface area contributed by atoms with Crippen molar-refractivity contribution in [3.63, 3.8) is 0 Å². The summed E-state index contributed by atoms with van der Waals surface area (Å²) in [6, 6.07) is 8.62. The van der Waals surface area contributed by atoms with E-state index < -0.39 is 0 Å². The average molecular weight is 256 g/mol. The van der Waals surface area contributed by atoms with E-state index in [0.29, 0.717) is 5.92 Å². The molecule has 0 bridgehead atoms. The number of aryl methyl sites for hydroxylation is 2. The zero-order valence-electron chi connectivity index (χ0n) is 11.3. The standard InChI is InChI=1S/C15H20N4/c1-11-2-4-12(5-3-11)8-15-18-17-14-7-6-13(9-16)10-19(14)15/h2-5,13H,6-10,16H2,1H3. The molecule has 1 aliphatic heterocycles. The van der Waals surface area contributed by atoms with Crippen molar-refractivity contribution in [2.75, 3.05) is 6.54 Å². The van der Waals surface area contributed by atoms with Gasteiger partial charge in [-0.25, -0.2) is 0 Å². The molecule has 0 fully saturated rings. The molecule has 1 aromatic carbocycles. The van der Waals surface area contributed by atoms with Gasteiger partial charge in [-0.3, -0.25) is 0 Å². The van der Waals surface area contributed by atoms with Crippen LogP contribution in [0.25, 0.3) is 0 Å². The van der Waals surface area contributed by atoms with Crippen LogP contribution >= 0.6 is 0 Å². The van der Waals surface area contributed by atoms with E-state index in [1.807, 2.05) is 0 Å². The number of benzene rings is 1. The lowest BCUT2D eigenvalue weighted by molar-refractivity contribution is 0.368. The fraction of sp³-hybridized carbons (Fsp3) is 0.467. The van der Waals surface area contributed by atoms with Crippen LogP contribution in [-0.4, -0.2) is 21.3 Å². The van der Waals surface area contributed by atoms with E-state index >= 15 is 0 Å². The summed E-state index contributed by atoms with van der Waals surface area (Å²) >= 11 is 0. The molecule has 2 N–H and O–H groups in total. The zero-order chi connectivity index (χ0) is 13.2. The molecule has 4 heteroatoms.